The molecule has 0 saturated carbocycles. The lowest BCUT2D eigenvalue weighted by Crippen LogP contribution is -2.47. The number of benzene rings is 1. The first-order chi connectivity index (χ1) is 8.08. The van der Waals surface area contributed by atoms with E-state index in [1.807, 2.05) is 6.92 Å². The molecule has 1 amide bonds. The van der Waals surface area contributed by atoms with Gasteiger partial charge in [0.2, 0.25) is 0 Å². The molecule has 1 fully saturated rings. The Kier molecular flexibility index (Phi) is 3.92. The van der Waals surface area contributed by atoms with Gasteiger partial charge in [0.15, 0.2) is 0 Å². The third kappa shape index (κ3) is 2.92. The number of rotatable bonds is 1. The fourth-order valence-electron chi connectivity index (χ4n) is 1.87. The number of carbonyl (C=O) groups is 1. The summed E-state index contributed by atoms with van der Waals surface area (Å²) in [7, 11) is 0. The highest BCUT2D eigenvalue weighted by Gasteiger charge is 2.25. The molecule has 1 heterocycles. The van der Waals surface area contributed by atoms with Crippen LogP contribution in [0.25, 0.3) is 0 Å². The van der Waals surface area contributed by atoms with Crippen LogP contribution in [0.1, 0.15) is 17.3 Å². The van der Waals surface area contributed by atoms with Crippen LogP contribution in [0.5, 0.6) is 0 Å². The summed E-state index contributed by atoms with van der Waals surface area (Å²) >= 11 is 11.8. The van der Waals surface area contributed by atoms with Crippen molar-refractivity contribution >= 4 is 29.1 Å². The van der Waals surface area contributed by atoms with Crippen molar-refractivity contribution in [2.75, 3.05) is 19.8 Å². The molecular weight excluding hydrogens is 261 g/mol. The summed E-state index contributed by atoms with van der Waals surface area (Å²) in [6.45, 7) is 3.71. The van der Waals surface area contributed by atoms with E-state index in [4.69, 9.17) is 27.9 Å². The molecular formula is C12H13Cl2NO2. The second-order valence-electron chi connectivity index (χ2n) is 4.08. The van der Waals surface area contributed by atoms with E-state index in [0.29, 0.717) is 35.4 Å². The Morgan fingerprint density at radius 3 is 2.59 bits per heavy atom. The van der Waals surface area contributed by atoms with E-state index in [9.17, 15) is 4.79 Å². The van der Waals surface area contributed by atoms with Gasteiger partial charge in [0.1, 0.15) is 0 Å². The Labute approximate surface area is 110 Å². The van der Waals surface area contributed by atoms with Gasteiger partial charge in [0.05, 0.1) is 19.3 Å². The maximum absolute atomic E-state index is 12.3. The number of morpholine rings is 1. The zero-order valence-electron chi connectivity index (χ0n) is 9.45. The van der Waals surface area contributed by atoms with E-state index in [0.717, 1.165) is 0 Å². The third-order valence-corrected chi connectivity index (χ3v) is 3.17. The Morgan fingerprint density at radius 1 is 1.35 bits per heavy atom. The number of carbonyl (C=O) groups excluding carboxylic acids is 1. The summed E-state index contributed by atoms with van der Waals surface area (Å²) < 4.78 is 5.30. The van der Waals surface area contributed by atoms with Crippen molar-refractivity contribution in [3.8, 4) is 0 Å². The smallest absolute Gasteiger partial charge is 0.254 e. The number of ether oxygens (including phenoxy) is 1. The lowest BCUT2D eigenvalue weighted by molar-refractivity contribution is 0.00359. The molecule has 1 atom stereocenters. The molecule has 0 radical (unpaired) electrons. The van der Waals surface area contributed by atoms with Gasteiger partial charge in [-0.3, -0.25) is 4.79 Å². The van der Waals surface area contributed by atoms with E-state index in [1.54, 1.807) is 23.1 Å². The Morgan fingerprint density at radius 2 is 2.00 bits per heavy atom. The molecule has 0 bridgehead atoms. The van der Waals surface area contributed by atoms with Crippen LogP contribution < -0.4 is 0 Å². The van der Waals surface area contributed by atoms with Crippen molar-refractivity contribution in [1.82, 2.24) is 4.90 Å². The van der Waals surface area contributed by atoms with Crippen molar-refractivity contribution in [2.45, 2.75) is 13.0 Å². The summed E-state index contributed by atoms with van der Waals surface area (Å²) in [5, 5.41) is 0.948. The first-order valence-corrected chi connectivity index (χ1v) is 6.18. The lowest BCUT2D eigenvalue weighted by atomic mass is 10.1. The van der Waals surface area contributed by atoms with E-state index in [2.05, 4.69) is 0 Å². The van der Waals surface area contributed by atoms with Gasteiger partial charge in [0, 0.05) is 22.2 Å². The Bertz CT molecular complexity index is 416. The van der Waals surface area contributed by atoms with Crippen molar-refractivity contribution in [1.29, 1.82) is 0 Å². The van der Waals surface area contributed by atoms with Crippen LogP contribution in [0.2, 0.25) is 10.0 Å². The summed E-state index contributed by atoms with van der Waals surface area (Å²) in [6.07, 6.45) is 0. The van der Waals surface area contributed by atoms with Crippen LogP contribution in [0, 0.1) is 0 Å². The normalized spacial score (nSPS) is 20.4. The molecule has 1 aromatic carbocycles. The molecule has 1 aliphatic heterocycles. The van der Waals surface area contributed by atoms with Crippen molar-refractivity contribution < 1.29 is 9.53 Å². The van der Waals surface area contributed by atoms with E-state index < -0.39 is 0 Å². The van der Waals surface area contributed by atoms with Gasteiger partial charge in [-0.05, 0) is 25.1 Å². The average molecular weight is 274 g/mol. The molecule has 1 aliphatic rings. The molecule has 1 saturated heterocycles. The second-order valence-corrected chi connectivity index (χ2v) is 4.95. The van der Waals surface area contributed by atoms with Crippen molar-refractivity contribution in [3.63, 3.8) is 0 Å². The number of hydrogen-bond donors (Lipinski definition) is 0. The topological polar surface area (TPSA) is 29.5 Å². The average Bonchev–Trinajstić information content (AvgIpc) is 2.27. The number of hydrogen-bond acceptors (Lipinski definition) is 2. The van der Waals surface area contributed by atoms with Gasteiger partial charge in [0.25, 0.3) is 5.91 Å². The zero-order chi connectivity index (χ0) is 12.4. The first-order valence-electron chi connectivity index (χ1n) is 5.43. The molecule has 0 spiro atoms. The van der Waals surface area contributed by atoms with Gasteiger partial charge < -0.3 is 9.64 Å². The molecule has 0 unspecified atom stereocenters. The van der Waals surface area contributed by atoms with Gasteiger partial charge >= 0.3 is 0 Å². The van der Waals surface area contributed by atoms with Crippen LogP contribution in [0.3, 0.4) is 0 Å². The van der Waals surface area contributed by atoms with E-state index in [-0.39, 0.29) is 11.9 Å². The highest BCUT2D eigenvalue weighted by Crippen LogP contribution is 2.21. The summed E-state index contributed by atoms with van der Waals surface area (Å²) in [5.41, 5.74) is 0.524. The standard InChI is InChI=1S/C12H13Cl2NO2/c1-8-7-17-3-2-15(8)12(16)9-4-10(13)6-11(14)5-9/h4-6,8H,2-3,7H2,1H3/t8-/m0/s1. The minimum Gasteiger partial charge on any atom is -0.377 e. The maximum Gasteiger partial charge on any atom is 0.254 e. The molecule has 2 rings (SSSR count). The fourth-order valence-corrected chi connectivity index (χ4v) is 2.40. The summed E-state index contributed by atoms with van der Waals surface area (Å²) in [4.78, 5) is 14.1. The third-order valence-electron chi connectivity index (χ3n) is 2.74. The van der Waals surface area contributed by atoms with Crippen LogP contribution in [-0.2, 0) is 4.74 Å². The molecule has 0 aliphatic carbocycles. The maximum atomic E-state index is 12.3. The van der Waals surface area contributed by atoms with Gasteiger partial charge in [-0.15, -0.1) is 0 Å². The Hall–Kier alpha value is -0.770. The molecule has 0 N–H and O–H groups in total. The van der Waals surface area contributed by atoms with Crippen molar-refractivity contribution in [3.05, 3.63) is 33.8 Å². The monoisotopic (exact) mass is 273 g/mol. The molecule has 1 aromatic rings. The van der Waals surface area contributed by atoms with Crippen LogP contribution >= 0.6 is 23.2 Å². The minimum atomic E-state index is -0.0507. The van der Waals surface area contributed by atoms with Crippen LogP contribution in [0.15, 0.2) is 18.2 Å². The van der Waals surface area contributed by atoms with Crippen LogP contribution in [0.4, 0.5) is 0 Å². The number of nitrogens with zero attached hydrogens (tertiary/aromatic N) is 1. The quantitative estimate of drug-likeness (QED) is 0.788. The first kappa shape index (κ1) is 12.7. The van der Waals surface area contributed by atoms with E-state index in [1.165, 1.54) is 0 Å². The molecule has 92 valence electrons. The lowest BCUT2D eigenvalue weighted by Gasteiger charge is -2.33. The fraction of sp³-hybridized carbons (Fsp3) is 0.417. The highest BCUT2D eigenvalue weighted by atomic mass is 35.5. The molecule has 3 nitrogen and oxygen atoms in total. The Balaban J connectivity index is 2.23. The predicted molar refractivity (Wildman–Crippen MR) is 67.8 cm³/mol. The second kappa shape index (κ2) is 5.25. The summed E-state index contributed by atoms with van der Waals surface area (Å²) in [5.74, 6) is -0.0507. The summed E-state index contributed by atoms with van der Waals surface area (Å²) in [6, 6.07) is 4.97. The molecule has 5 heteroatoms. The van der Waals surface area contributed by atoms with Gasteiger partial charge in [-0.2, -0.15) is 0 Å². The SMILES string of the molecule is C[C@H]1COCCN1C(=O)c1cc(Cl)cc(Cl)c1. The van der Waals surface area contributed by atoms with Gasteiger partial charge in [-0.1, -0.05) is 23.2 Å². The number of amides is 1. The van der Waals surface area contributed by atoms with E-state index >= 15 is 0 Å². The van der Waals surface area contributed by atoms with Gasteiger partial charge in [-0.25, -0.2) is 0 Å². The molecule has 0 aromatic heterocycles. The number of halogens is 2. The largest absolute Gasteiger partial charge is 0.377 e. The highest BCUT2D eigenvalue weighted by molar-refractivity contribution is 6.35. The van der Waals surface area contributed by atoms with Crippen molar-refractivity contribution in [2.24, 2.45) is 0 Å². The predicted octanol–water partition coefficient (Wildman–Crippen LogP) is 2.85. The molecule has 17 heavy (non-hydrogen) atoms. The zero-order valence-corrected chi connectivity index (χ0v) is 11.0. The minimum absolute atomic E-state index is 0.0507. The van der Waals surface area contributed by atoms with Crippen LogP contribution in [-0.4, -0.2) is 36.6 Å².